The number of ether oxygens (including phenoxy) is 1. The second kappa shape index (κ2) is 8.32. The average Bonchev–Trinajstić information content (AvgIpc) is 2.75. The van der Waals surface area contributed by atoms with Crippen LogP contribution in [0.5, 0.6) is 0 Å². The van der Waals surface area contributed by atoms with Crippen molar-refractivity contribution in [3.05, 3.63) is 99.6 Å². The normalized spacial score (nSPS) is 15.6. The van der Waals surface area contributed by atoms with Crippen molar-refractivity contribution in [2.45, 2.75) is 19.8 Å². The van der Waals surface area contributed by atoms with Gasteiger partial charge in [-0.05, 0) is 30.7 Å². The minimum absolute atomic E-state index is 0.0775. The summed E-state index contributed by atoms with van der Waals surface area (Å²) in [5, 5.41) is 15.0. The highest BCUT2D eigenvalue weighted by Crippen LogP contribution is 2.39. The number of hydrogen-bond donors (Lipinski definition) is 1. The molecule has 1 aliphatic heterocycles. The molecule has 1 N–H and O–H groups in total. The lowest BCUT2D eigenvalue weighted by Gasteiger charge is -2.38. The lowest BCUT2D eigenvalue weighted by Crippen LogP contribution is -2.38. The van der Waals surface area contributed by atoms with Crippen molar-refractivity contribution in [1.82, 2.24) is 0 Å². The van der Waals surface area contributed by atoms with Crippen molar-refractivity contribution in [1.29, 1.82) is 0 Å². The summed E-state index contributed by atoms with van der Waals surface area (Å²) in [4.78, 5) is 13.3. The predicted molar refractivity (Wildman–Crippen MR) is 114 cm³/mol. The number of para-hydroxylation sites is 3. The summed E-state index contributed by atoms with van der Waals surface area (Å²) in [5.41, 5.74) is 5.04. The van der Waals surface area contributed by atoms with Crippen molar-refractivity contribution >= 4 is 17.1 Å². The highest BCUT2D eigenvalue weighted by atomic mass is 16.6. The molecule has 1 atom stereocenters. The Balaban J connectivity index is 1.63. The van der Waals surface area contributed by atoms with Gasteiger partial charge in [0.25, 0.3) is 5.69 Å². The van der Waals surface area contributed by atoms with Crippen LogP contribution in [0.3, 0.4) is 0 Å². The number of rotatable bonds is 6. The van der Waals surface area contributed by atoms with Gasteiger partial charge >= 0.3 is 0 Å². The highest BCUT2D eigenvalue weighted by molar-refractivity contribution is 5.58. The maximum atomic E-state index is 11.6. The third kappa shape index (κ3) is 3.93. The molecule has 6 nitrogen and oxygen atoms in total. The first kappa shape index (κ1) is 19.0. The summed E-state index contributed by atoms with van der Waals surface area (Å²) < 4.78 is 6.11. The zero-order valence-corrected chi connectivity index (χ0v) is 16.2. The molecule has 0 spiro atoms. The molecule has 0 saturated carbocycles. The molecule has 0 saturated heterocycles. The third-order valence-electron chi connectivity index (χ3n) is 5.19. The minimum atomic E-state index is -0.509. The van der Waals surface area contributed by atoms with Crippen LogP contribution in [0.2, 0.25) is 0 Å². The van der Waals surface area contributed by atoms with Crippen molar-refractivity contribution in [3.63, 3.8) is 0 Å². The van der Waals surface area contributed by atoms with Gasteiger partial charge in [0.05, 0.1) is 17.1 Å². The van der Waals surface area contributed by atoms with Gasteiger partial charge in [0, 0.05) is 36.1 Å². The summed E-state index contributed by atoms with van der Waals surface area (Å²) in [6, 6.07) is 23.0. The Kier molecular flexibility index (Phi) is 5.44. The monoisotopic (exact) mass is 389 g/mol. The topological polar surface area (TPSA) is 67.6 Å². The van der Waals surface area contributed by atoms with E-state index in [9.17, 15) is 10.1 Å². The molecule has 0 aromatic heterocycles. The van der Waals surface area contributed by atoms with Gasteiger partial charge in [0.1, 0.15) is 0 Å². The van der Waals surface area contributed by atoms with Crippen LogP contribution in [-0.4, -0.2) is 18.0 Å². The Morgan fingerprint density at radius 1 is 1.07 bits per heavy atom. The zero-order chi connectivity index (χ0) is 20.2. The number of nitro benzene ring substituents is 1. The summed E-state index contributed by atoms with van der Waals surface area (Å²) in [6.45, 7) is 3.81. The fourth-order valence-electron chi connectivity index (χ4n) is 3.74. The molecular weight excluding hydrogens is 366 g/mol. The van der Waals surface area contributed by atoms with E-state index in [0.29, 0.717) is 25.3 Å². The molecule has 0 amide bonds. The Morgan fingerprint density at radius 3 is 2.62 bits per heavy atom. The molecule has 6 heteroatoms. The first-order valence-electron chi connectivity index (χ1n) is 9.64. The number of benzene rings is 3. The van der Waals surface area contributed by atoms with Gasteiger partial charge in [-0.3, -0.25) is 10.1 Å². The maximum Gasteiger partial charge on any atom is 0.277 e. The molecule has 0 radical (unpaired) electrons. The molecule has 29 heavy (non-hydrogen) atoms. The fraction of sp³-hybridized carbons (Fsp3) is 0.217. The van der Waals surface area contributed by atoms with E-state index in [1.165, 1.54) is 11.6 Å². The number of anilines is 2. The van der Waals surface area contributed by atoms with E-state index in [2.05, 4.69) is 29.3 Å². The van der Waals surface area contributed by atoms with Gasteiger partial charge in [-0.2, -0.15) is 0 Å². The van der Waals surface area contributed by atoms with E-state index < -0.39 is 6.23 Å². The number of fused-ring (bicyclic) bond motifs is 1. The second-order valence-electron chi connectivity index (χ2n) is 7.04. The van der Waals surface area contributed by atoms with E-state index in [-0.39, 0.29) is 10.6 Å². The number of aryl methyl sites for hydroxylation is 1. The molecule has 0 fully saturated rings. The fourth-order valence-corrected chi connectivity index (χ4v) is 3.74. The van der Waals surface area contributed by atoms with Crippen LogP contribution in [-0.2, 0) is 11.3 Å². The number of hydrogen-bond acceptors (Lipinski definition) is 5. The Labute approximate surface area is 169 Å². The number of nitrogens with one attached hydrogen (secondary N) is 1. The first-order chi connectivity index (χ1) is 14.1. The van der Waals surface area contributed by atoms with Crippen molar-refractivity contribution in [2.24, 2.45) is 0 Å². The van der Waals surface area contributed by atoms with Crippen LogP contribution >= 0.6 is 0 Å². The van der Waals surface area contributed by atoms with Gasteiger partial charge in [0.15, 0.2) is 6.23 Å². The molecular formula is C23H23N3O3. The molecule has 1 heterocycles. The van der Waals surface area contributed by atoms with Crippen molar-refractivity contribution in [3.8, 4) is 0 Å². The largest absolute Gasteiger partial charge is 0.383 e. The minimum Gasteiger partial charge on any atom is -0.383 e. The third-order valence-corrected chi connectivity index (χ3v) is 5.19. The molecule has 0 bridgehead atoms. The lowest BCUT2D eigenvalue weighted by molar-refractivity contribution is -0.386. The van der Waals surface area contributed by atoms with Crippen LogP contribution < -0.4 is 10.2 Å². The molecule has 3 aromatic rings. The van der Waals surface area contributed by atoms with E-state index >= 15 is 0 Å². The zero-order valence-electron chi connectivity index (χ0n) is 16.2. The summed E-state index contributed by atoms with van der Waals surface area (Å²) in [7, 11) is 0. The Morgan fingerprint density at radius 2 is 1.79 bits per heavy atom. The lowest BCUT2D eigenvalue weighted by atomic mass is 10.1. The van der Waals surface area contributed by atoms with Crippen LogP contribution in [0, 0.1) is 17.0 Å². The van der Waals surface area contributed by atoms with Crippen molar-refractivity contribution in [2.75, 3.05) is 23.3 Å². The second-order valence-corrected chi connectivity index (χ2v) is 7.04. The maximum absolute atomic E-state index is 11.6. The number of nitro groups is 1. The molecule has 148 valence electrons. The number of nitrogens with zero attached hydrogens (tertiary/aromatic N) is 2. The van der Waals surface area contributed by atoms with Crippen LogP contribution in [0.4, 0.5) is 17.1 Å². The van der Waals surface area contributed by atoms with Crippen LogP contribution in [0.15, 0.2) is 72.8 Å². The smallest absolute Gasteiger partial charge is 0.277 e. The summed E-state index contributed by atoms with van der Waals surface area (Å²) in [6.07, 6.45) is -0.509. The van der Waals surface area contributed by atoms with Crippen LogP contribution in [0.25, 0.3) is 0 Å². The molecule has 0 aliphatic carbocycles. The average molecular weight is 389 g/mol. The van der Waals surface area contributed by atoms with Gasteiger partial charge < -0.3 is 15.0 Å². The van der Waals surface area contributed by atoms with Crippen LogP contribution in [0.1, 0.15) is 22.9 Å². The molecule has 1 unspecified atom stereocenters. The Hall–Kier alpha value is -3.38. The van der Waals surface area contributed by atoms with E-state index in [1.54, 1.807) is 12.1 Å². The van der Waals surface area contributed by atoms with E-state index in [1.807, 2.05) is 42.5 Å². The molecule has 4 rings (SSSR count). The molecule has 1 aliphatic rings. The highest BCUT2D eigenvalue weighted by Gasteiger charge is 2.32. The van der Waals surface area contributed by atoms with Gasteiger partial charge in [-0.1, -0.05) is 48.5 Å². The van der Waals surface area contributed by atoms with Crippen molar-refractivity contribution < 1.29 is 9.66 Å². The summed E-state index contributed by atoms with van der Waals surface area (Å²) >= 11 is 0. The first-order valence-corrected chi connectivity index (χ1v) is 9.64. The predicted octanol–water partition coefficient (Wildman–Crippen LogP) is 5.05. The quantitative estimate of drug-likeness (QED) is 0.472. The van der Waals surface area contributed by atoms with E-state index in [4.69, 9.17) is 4.74 Å². The standard InChI is InChI=1S/C23H23N3O3/c1-17-8-2-5-11-20(17)24-14-15-25-21-12-6-3-9-18(21)16-29-23(25)19-10-4-7-13-22(19)26(27)28/h2-13,23-24H,14-16H2,1H3. The van der Waals surface area contributed by atoms with E-state index in [0.717, 1.165) is 16.9 Å². The Bertz CT molecular complexity index is 1020. The SMILES string of the molecule is Cc1ccccc1NCCN1c2ccccc2COC1c1ccccc1[N+](=O)[O-]. The van der Waals surface area contributed by atoms with Gasteiger partial charge in [0.2, 0.25) is 0 Å². The molecule has 3 aromatic carbocycles. The van der Waals surface area contributed by atoms with Gasteiger partial charge in [-0.15, -0.1) is 0 Å². The van der Waals surface area contributed by atoms with Gasteiger partial charge in [-0.25, -0.2) is 0 Å². The summed E-state index contributed by atoms with van der Waals surface area (Å²) in [5.74, 6) is 0.